The van der Waals surface area contributed by atoms with Crippen molar-refractivity contribution in [3.63, 3.8) is 0 Å². The van der Waals surface area contributed by atoms with Gasteiger partial charge in [-0.2, -0.15) is 5.10 Å². The zero-order valence-electron chi connectivity index (χ0n) is 10.2. The first-order valence-corrected chi connectivity index (χ1v) is 5.67. The molecule has 0 bridgehead atoms. The minimum atomic E-state index is -0.925. The van der Waals surface area contributed by atoms with Gasteiger partial charge in [-0.25, -0.2) is 8.78 Å². The Kier molecular flexibility index (Phi) is 3.59. The van der Waals surface area contributed by atoms with Crippen LogP contribution in [0.5, 0.6) is 0 Å². The highest BCUT2D eigenvalue weighted by atomic mass is 19.2. The lowest BCUT2D eigenvalue weighted by molar-refractivity contribution is -0.136. The number of carboxylic acids is 1. The van der Waals surface area contributed by atoms with Crippen LogP contribution in [0.25, 0.3) is 11.3 Å². The van der Waals surface area contributed by atoms with Crippen LogP contribution in [0.4, 0.5) is 8.78 Å². The Labute approximate surface area is 108 Å². The van der Waals surface area contributed by atoms with Gasteiger partial charge in [0.1, 0.15) is 0 Å². The van der Waals surface area contributed by atoms with Gasteiger partial charge in [-0.3, -0.25) is 9.48 Å². The molecule has 1 heterocycles. The Morgan fingerprint density at radius 2 is 2.05 bits per heavy atom. The summed E-state index contributed by atoms with van der Waals surface area (Å²) in [7, 11) is 1.67. The summed E-state index contributed by atoms with van der Waals surface area (Å²) in [6, 6.07) is 5.27. The van der Waals surface area contributed by atoms with Crippen molar-refractivity contribution in [3.05, 3.63) is 41.6 Å². The van der Waals surface area contributed by atoms with Crippen molar-refractivity contribution in [1.82, 2.24) is 9.78 Å². The van der Waals surface area contributed by atoms with Crippen LogP contribution in [-0.4, -0.2) is 20.9 Å². The van der Waals surface area contributed by atoms with Crippen LogP contribution in [0.1, 0.15) is 12.1 Å². The lowest BCUT2D eigenvalue weighted by atomic mass is 10.1. The van der Waals surface area contributed by atoms with Crippen molar-refractivity contribution >= 4 is 5.97 Å². The average Bonchev–Trinajstić information content (AvgIpc) is 2.72. The number of hydrogen-bond acceptors (Lipinski definition) is 2. The summed E-state index contributed by atoms with van der Waals surface area (Å²) >= 11 is 0. The molecule has 0 amide bonds. The molecular formula is C13H12F2N2O2. The fraction of sp³-hybridized carbons (Fsp3) is 0.231. The van der Waals surface area contributed by atoms with Gasteiger partial charge in [0.15, 0.2) is 11.6 Å². The van der Waals surface area contributed by atoms with Crippen molar-refractivity contribution in [3.8, 4) is 11.3 Å². The molecule has 0 aliphatic rings. The number of carboxylic acid groups (broad SMARTS) is 1. The number of aryl methyl sites for hydroxylation is 2. The van der Waals surface area contributed by atoms with Crippen LogP contribution in [0.15, 0.2) is 24.3 Å². The number of aliphatic carboxylic acids is 1. The highest BCUT2D eigenvalue weighted by Gasteiger charge is 2.11. The zero-order chi connectivity index (χ0) is 14.0. The Bertz CT molecular complexity index is 623. The predicted octanol–water partition coefficient (Wildman–Crippen LogP) is 2.38. The van der Waals surface area contributed by atoms with E-state index >= 15 is 0 Å². The summed E-state index contributed by atoms with van der Waals surface area (Å²) in [5.41, 5.74) is 1.71. The molecule has 0 fully saturated rings. The SMILES string of the molecule is Cn1nc(CCC(=O)O)cc1-c1ccc(F)c(F)c1. The van der Waals surface area contributed by atoms with Crippen LogP contribution < -0.4 is 0 Å². The van der Waals surface area contributed by atoms with Crippen molar-refractivity contribution in [2.24, 2.45) is 7.05 Å². The normalized spacial score (nSPS) is 10.7. The highest BCUT2D eigenvalue weighted by Crippen LogP contribution is 2.22. The molecule has 19 heavy (non-hydrogen) atoms. The molecule has 100 valence electrons. The van der Waals surface area contributed by atoms with Crippen molar-refractivity contribution in [1.29, 1.82) is 0 Å². The van der Waals surface area contributed by atoms with Gasteiger partial charge in [0, 0.05) is 19.0 Å². The maximum atomic E-state index is 13.2. The van der Waals surface area contributed by atoms with E-state index in [9.17, 15) is 13.6 Å². The van der Waals surface area contributed by atoms with Gasteiger partial charge in [0.2, 0.25) is 0 Å². The Balaban J connectivity index is 2.29. The third-order valence-electron chi connectivity index (χ3n) is 2.74. The van der Waals surface area contributed by atoms with E-state index in [1.54, 1.807) is 13.1 Å². The zero-order valence-corrected chi connectivity index (χ0v) is 10.2. The van der Waals surface area contributed by atoms with Gasteiger partial charge in [0.25, 0.3) is 0 Å². The number of nitrogens with zero attached hydrogens (tertiary/aromatic N) is 2. The first-order chi connectivity index (χ1) is 8.97. The van der Waals surface area contributed by atoms with Gasteiger partial charge < -0.3 is 5.11 Å². The summed E-state index contributed by atoms with van der Waals surface area (Å²) in [5.74, 6) is -2.73. The van der Waals surface area contributed by atoms with Crippen LogP contribution in [-0.2, 0) is 18.3 Å². The van der Waals surface area contributed by atoms with E-state index in [1.807, 2.05) is 0 Å². The average molecular weight is 266 g/mol. The number of halogens is 2. The molecule has 0 aliphatic carbocycles. The first-order valence-electron chi connectivity index (χ1n) is 5.67. The smallest absolute Gasteiger partial charge is 0.303 e. The molecule has 0 spiro atoms. The van der Waals surface area contributed by atoms with E-state index in [0.717, 1.165) is 12.1 Å². The molecule has 2 rings (SSSR count). The second-order valence-corrected chi connectivity index (χ2v) is 4.17. The van der Waals surface area contributed by atoms with E-state index in [4.69, 9.17) is 5.11 Å². The molecule has 2 aromatic rings. The number of carbonyl (C=O) groups is 1. The second kappa shape index (κ2) is 5.17. The lowest BCUT2D eigenvalue weighted by Crippen LogP contribution is -1.99. The van der Waals surface area contributed by atoms with Gasteiger partial charge in [-0.05, 0) is 24.3 Å². The third kappa shape index (κ3) is 2.96. The minimum Gasteiger partial charge on any atom is -0.481 e. The second-order valence-electron chi connectivity index (χ2n) is 4.17. The first kappa shape index (κ1) is 13.2. The lowest BCUT2D eigenvalue weighted by Gasteiger charge is -2.02. The predicted molar refractivity (Wildman–Crippen MR) is 64.5 cm³/mol. The van der Waals surface area contributed by atoms with E-state index in [1.165, 1.54) is 10.7 Å². The Hall–Kier alpha value is -2.24. The van der Waals surface area contributed by atoms with Crippen molar-refractivity contribution in [2.45, 2.75) is 12.8 Å². The van der Waals surface area contributed by atoms with E-state index < -0.39 is 17.6 Å². The molecule has 0 unspecified atom stereocenters. The maximum absolute atomic E-state index is 13.2. The van der Waals surface area contributed by atoms with E-state index in [2.05, 4.69) is 5.10 Å². The molecule has 1 aromatic carbocycles. The van der Waals surface area contributed by atoms with Gasteiger partial charge in [0.05, 0.1) is 17.8 Å². The molecule has 4 nitrogen and oxygen atoms in total. The summed E-state index contributed by atoms with van der Waals surface area (Å²) in [6.07, 6.45) is 0.279. The molecule has 0 saturated carbocycles. The van der Waals surface area contributed by atoms with Crippen molar-refractivity contribution < 1.29 is 18.7 Å². The summed E-state index contributed by atoms with van der Waals surface area (Å²) in [6.45, 7) is 0. The molecule has 6 heteroatoms. The van der Waals surface area contributed by atoms with E-state index in [-0.39, 0.29) is 6.42 Å². The van der Waals surface area contributed by atoms with Gasteiger partial charge in [-0.15, -0.1) is 0 Å². The topological polar surface area (TPSA) is 55.1 Å². The van der Waals surface area contributed by atoms with Gasteiger partial charge in [-0.1, -0.05) is 0 Å². The number of hydrogen-bond donors (Lipinski definition) is 1. The van der Waals surface area contributed by atoms with Crippen LogP contribution >= 0.6 is 0 Å². The van der Waals surface area contributed by atoms with Crippen LogP contribution in [0, 0.1) is 11.6 Å². The fourth-order valence-electron chi connectivity index (χ4n) is 1.81. The molecule has 1 aromatic heterocycles. The standard InChI is InChI=1S/C13H12F2N2O2/c1-17-12(7-9(16-17)3-5-13(18)19)8-2-4-10(14)11(15)6-8/h2,4,6-7H,3,5H2,1H3,(H,18,19). The van der Waals surface area contributed by atoms with Crippen molar-refractivity contribution in [2.75, 3.05) is 0 Å². The largest absolute Gasteiger partial charge is 0.481 e. The quantitative estimate of drug-likeness (QED) is 0.924. The summed E-state index contributed by atoms with van der Waals surface area (Å²) < 4.78 is 27.6. The molecule has 0 saturated heterocycles. The number of rotatable bonds is 4. The van der Waals surface area contributed by atoms with Crippen LogP contribution in [0.3, 0.4) is 0 Å². The summed E-state index contributed by atoms with van der Waals surface area (Å²) in [5, 5.41) is 12.8. The molecule has 1 N–H and O–H groups in total. The molecular weight excluding hydrogens is 254 g/mol. The molecule has 0 aliphatic heterocycles. The molecule has 0 radical (unpaired) electrons. The maximum Gasteiger partial charge on any atom is 0.303 e. The third-order valence-corrected chi connectivity index (χ3v) is 2.74. The monoisotopic (exact) mass is 266 g/mol. The number of aromatic nitrogens is 2. The Morgan fingerprint density at radius 3 is 2.68 bits per heavy atom. The Morgan fingerprint density at radius 1 is 1.32 bits per heavy atom. The minimum absolute atomic E-state index is 0.0196. The van der Waals surface area contributed by atoms with Crippen LogP contribution in [0.2, 0.25) is 0 Å². The van der Waals surface area contributed by atoms with Gasteiger partial charge >= 0.3 is 5.97 Å². The highest BCUT2D eigenvalue weighted by molar-refractivity contribution is 5.67. The molecule has 0 atom stereocenters. The summed E-state index contributed by atoms with van der Waals surface area (Å²) in [4.78, 5) is 10.5. The number of benzene rings is 1. The fourth-order valence-corrected chi connectivity index (χ4v) is 1.81. The van der Waals surface area contributed by atoms with E-state index in [0.29, 0.717) is 23.4 Å².